The van der Waals surface area contributed by atoms with E-state index < -0.39 is 0 Å². The van der Waals surface area contributed by atoms with Crippen LogP contribution in [0.5, 0.6) is 0 Å². The molecule has 0 bridgehead atoms. The zero-order valence-corrected chi connectivity index (χ0v) is 22.5. The molecule has 0 fully saturated rings. The fraction of sp³-hybridized carbons (Fsp3) is 0.200. The Bertz CT molecular complexity index is 1630. The highest BCUT2D eigenvalue weighted by atomic mass is 15.0. The molecule has 0 spiro atoms. The van der Waals surface area contributed by atoms with Gasteiger partial charge in [0, 0.05) is 39.8 Å². The first-order valence-corrected chi connectivity index (χ1v) is 13.4. The molecule has 2 aromatic heterocycles. The fourth-order valence-corrected chi connectivity index (χ4v) is 5.65. The van der Waals surface area contributed by atoms with Crippen LogP contribution in [-0.4, -0.2) is 9.13 Å². The Hall–Kier alpha value is -4.04. The number of aryl methyl sites for hydroxylation is 1. The summed E-state index contributed by atoms with van der Waals surface area (Å²) in [5.74, 6) is 0. The Morgan fingerprint density at radius 1 is 0.811 bits per heavy atom. The molecule has 0 saturated carbocycles. The van der Waals surface area contributed by atoms with Crippen molar-refractivity contribution in [1.29, 1.82) is 0 Å². The Kier molecular flexibility index (Phi) is 7.01. The van der Waals surface area contributed by atoms with Gasteiger partial charge in [0.15, 0.2) is 0 Å². The minimum absolute atomic E-state index is 0.906. The van der Waals surface area contributed by atoms with Crippen LogP contribution in [-0.2, 0) is 12.8 Å². The molecule has 0 aliphatic heterocycles. The maximum absolute atomic E-state index is 4.20. The third kappa shape index (κ3) is 4.27. The Balaban J connectivity index is 1.69. The molecule has 0 aliphatic carbocycles. The molecule has 0 unspecified atom stereocenters. The fourth-order valence-electron chi connectivity index (χ4n) is 5.65. The molecule has 2 nitrogen and oxygen atoms in total. The van der Waals surface area contributed by atoms with Crippen LogP contribution in [0.3, 0.4) is 0 Å². The lowest BCUT2D eigenvalue weighted by Crippen LogP contribution is -2.04. The third-order valence-corrected chi connectivity index (χ3v) is 7.25. The highest BCUT2D eigenvalue weighted by Gasteiger charge is 2.19. The van der Waals surface area contributed by atoms with Crippen molar-refractivity contribution in [2.24, 2.45) is 0 Å². The van der Waals surface area contributed by atoms with Crippen molar-refractivity contribution in [2.75, 3.05) is 0 Å². The van der Waals surface area contributed by atoms with Gasteiger partial charge in [-0.3, -0.25) is 0 Å². The van der Waals surface area contributed by atoms with E-state index in [1.54, 1.807) is 0 Å². The highest BCUT2D eigenvalue weighted by molar-refractivity contribution is 6.09. The molecule has 0 amide bonds. The topological polar surface area (TPSA) is 9.86 Å². The number of allylic oxidation sites excluding steroid dienone is 3. The maximum atomic E-state index is 4.20. The van der Waals surface area contributed by atoms with Crippen molar-refractivity contribution in [1.82, 2.24) is 9.13 Å². The predicted molar refractivity (Wildman–Crippen MR) is 162 cm³/mol. The lowest BCUT2D eigenvalue weighted by molar-refractivity contribution is 0.933. The summed E-state index contributed by atoms with van der Waals surface area (Å²) < 4.78 is 4.78. The number of nitrogens with zero attached hydrogens (tertiary/aromatic N) is 2. The summed E-state index contributed by atoms with van der Waals surface area (Å²) >= 11 is 0. The van der Waals surface area contributed by atoms with Crippen LogP contribution in [0.15, 0.2) is 91.5 Å². The number of fused-ring (bicyclic) bond motifs is 3. The average Bonchev–Trinajstić information content (AvgIpc) is 3.40. The average molecular weight is 485 g/mol. The van der Waals surface area contributed by atoms with Crippen molar-refractivity contribution in [3.05, 3.63) is 120 Å². The smallest absolute Gasteiger partial charge is 0.0541 e. The standard InChI is InChI=1S/C35H36N2/c1-6-10-11-16-33-28(8-3)29(14-7-2)32(9-4)36(33)26-19-21-27(22-20-26)37-34-17-13-12-15-30(34)31-24-25(5)18-23-35(31)37/h7,9-15,17-24H,4,6,8,16H2,1-3,5H3/b11-10-,14-7-. The van der Waals surface area contributed by atoms with Crippen LogP contribution in [0.25, 0.3) is 45.3 Å². The molecule has 37 heavy (non-hydrogen) atoms. The van der Waals surface area contributed by atoms with Gasteiger partial charge in [0.25, 0.3) is 0 Å². The van der Waals surface area contributed by atoms with E-state index in [0.717, 1.165) is 25.0 Å². The van der Waals surface area contributed by atoms with Gasteiger partial charge in [0.1, 0.15) is 0 Å². The molecule has 5 aromatic rings. The van der Waals surface area contributed by atoms with E-state index in [1.807, 2.05) is 6.08 Å². The summed E-state index contributed by atoms with van der Waals surface area (Å²) in [6, 6.07) is 24.4. The van der Waals surface area contributed by atoms with Crippen LogP contribution in [0.1, 0.15) is 55.3 Å². The molecule has 0 atom stereocenters. The number of rotatable bonds is 8. The van der Waals surface area contributed by atoms with E-state index in [9.17, 15) is 0 Å². The molecule has 2 heterocycles. The van der Waals surface area contributed by atoms with E-state index in [2.05, 4.69) is 134 Å². The third-order valence-electron chi connectivity index (χ3n) is 7.25. The summed E-state index contributed by atoms with van der Waals surface area (Å²) in [5.41, 5.74) is 11.3. The number of aromatic nitrogens is 2. The zero-order chi connectivity index (χ0) is 25.9. The van der Waals surface area contributed by atoms with Crippen LogP contribution < -0.4 is 0 Å². The van der Waals surface area contributed by atoms with Crippen molar-refractivity contribution < 1.29 is 0 Å². The number of hydrogen-bond acceptors (Lipinski definition) is 0. The van der Waals surface area contributed by atoms with Gasteiger partial charge in [-0.2, -0.15) is 0 Å². The molecule has 0 aliphatic rings. The Morgan fingerprint density at radius 2 is 1.51 bits per heavy atom. The molecule has 0 radical (unpaired) electrons. The second-order valence-corrected chi connectivity index (χ2v) is 9.59. The van der Waals surface area contributed by atoms with Crippen LogP contribution >= 0.6 is 0 Å². The Morgan fingerprint density at radius 3 is 2.19 bits per heavy atom. The first kappa shape index (κ1) is 24.6. The second kappa shape index (κ2) is 10.5. The summed E-state index contributed by atoms with van der Waals surface area (Å²) in [4.78, 5) is 0. The SMILES string of the molecule is C=Cc1c(/C=C\C)c(CC)c(C/C=C\CC)n1-c1ccc(-n2c3ccccc3c3cc(C)ccc32)cc1. The molecular weight excluding hydrogens is 448 g/mol. The van der Waals surface area contributed by atoms with Gasteiger partial charge in [-0.1, -0.05) is 74.6 Å². The largest absolute Gasteiger partial charge is 0.313 e. The van der Waals surface area contributed by atoms with Crippen LogP contribution in [0.4, 0.5) is 0 Å². The lowest BCUT2D eigenvalue weighted by atomic mass is 10.0. The quantitative estimate of drug-likeness (QED) is 0.194. The van der Waals surface area contributed by atoms with E-state index in [1.165, 1.54) is 55.6 Å². The second-order valence-electron chi connectivity index (χ2n) is 9.59. The molecular formula is C35H36N2. The van der Waals surface area contributed by atoms with Gasteiger partial charge < -0.3 is 9.13 Å². The number of para-hydroxylation sites is 1. The van der Waals surface area contributed by atoms with Crippen molar-refractivity contribution in [3.8, 4) is 11.4 Å². The number of benzene rings is 3. The summed E-state index contributed by atoms with van der Waals surface area (Å²) in [6.45, 7) is 12.9. The van der Waals surface area contributed by atoms with Gasteiger partial charge >= 0.3 is 0 Å². The summed E-state index contributed by atoms with van der Waals surface area (Å²) in [6.07, 6.45) is 13.9. The van der Waals surface area contributed by atoms with Crippen molar-refractivity contribution in [2.45, 2.75) is 47.0 Å². The van der Waals surface area contributed by atoms with Gasteiger partial charge in [0.05, 0.1) is 16.7 Å². The van der Waals surface area contributed by atoms with Crippen molar-refractivity contribution in [3.63, 3.8) is 0 Å². The number of hydrogen-bond donors (Lipinski definition) is 0. The normalized spacial score (nSPS) is 12.0. The molecule has 5 rings (SSSR count). The van der Waals surface area contributed by atoms with Gasteiger partial charge in [-0.05, 0) is 80.8 Å². The molecule has 0 N–H and O–H groups in total. The highest BCUT2D eigenvalue weighted by Crippen LogP contribution is 2.34. The molecule has 186 valence electrons. The zero-order valence-electron chi connectivity index (χ0n) is 22.5. The van der Waals surface area contributed by atoms with Gasteiger partial charge in [-0.25, -0.2) is 0 Å². The van der Waals surface area contributed by atoms with Crippen LogP contribution in [0.2, 0.25) is 0 Å². The summed E-state index contributed by atoms with van der Waals surface area (Å²) in [5, 5.41) is 2.59. The summed E-state index contributed by atoms with van der Waals surface area (Å²) in [7, 11) is 0. The molecule has 3 aromatic carbocycles. The maximum Gasteiger partial charge on any atom is 0.0541 e. The Labute approximate surface area is 220 Å². The first-order valence-electron chi connectivity index (χ1n) is 13.4. The minimum atomic E-state index is 0.906. The minimum Gasteiger partial charge on any atom is -0.313 e. The van der Waals surface area contributed by atoms with Crippen LogP contribution in [0, 0.1) is 6.92 Å². The lowest BCUT2D eigenvalue weighted by Gasteiger charge is -2.14. The predicted octanol–water partition coefficient (Wildman–Crippen LogP) is 9.63. The van der Waals surface area contributed by atoms with E-state index in [-0.39, 0.29) is 0 Å². The van der Waals surface area contributed by atoms with E-state index in [4.69, 9.17) is 0 Å². The van der Waals surface area contributed by atoms with Gasteiger partial charge in [-0.15, -0.1) is 0 Å². The monoisotopic (exact) mass is 484 g/mol. The molecule has 2 heteroatoms. The van der Waals surface area contributed by atoms with Crippen molar-refractivity contribution >= 4 is 34.0 Å². The first-order chi connectivity index (χ1) is 18.1. The van der Waals surface area contributed by atoms with E-state index >= 15 is 0 Å². The van der Waals surface area contributed by atoms with E-state index in [0.29, 0.717) is 0 Å². The molecule has 0 saturated heterocycles. The van der Waals surface area contributed by atoms with Gasteiger partial charge in [0.2, 0.25) is 0 Å².